The molecule has 1 aromatic carbocycles. The third kappa shape index (κ3) is 3.43. The Morgan fingerprint density at radius 1 is 0.889 bits per heavy atom. The van der Waals surface area contributed by atoms with Crippen LogP contribution in [-0.2, 0) is 0 Å². The van der Waals surface area contributed by atoms with Crippen molar-refractivity contribution in [1.29, 1.82) is 0 Å². The highest BCUT2D eigenvalue weighted by Crippen LogP contribution is 2.47. The van der Waals surface area contributed by atoms with E-state index in [2.05, 4.69) is 20.9 Å². The molecule has 27 heavy (non-hydrogen) atoms. The normalized spacial score (nSPS) is 11.0. The second-order valence-electron chi connectivity index (χ2n) is 5.18. The summed E-state index contributed by atoms with van der Waals surface area (Å²) in [7, 11) is 0. The lowest BCUT2D eigenvalue weighted by Crippen LogP contribution is -2.05. The Morgan fingerprint density at radius 3 is 2.00 bits per heavy atom. The van der Waals surface area contributed by atoms with E-state index in [1.54, 1.807) is 17.0 Å². The van der Waals surface area contributed by atoms with Gasteiger partial charge in [-0.1, -0.05) is 27.3 Å². The Morgan fingerprint density at radius 2 is 1.48 bits per heavy atom. The minimum Gasteiger partial charge on any atom is -0.268 e. The number of thiazole rings is 1. The molecule has 0 unspecified atom stereocenters. The zero-order valence-electron chi connectivity index (χ0n) is 13.1. The number of hydrogen-bond donors (Lipinski definition) is 0. The van der Waals surface area contributed by atoms with E-state index in [4.69, 9.17) is 0 Å². The fourth-order valence-electron chi connectivity index (χ4n) is 2.35. The third-order valence-electron chi connectivity index (χ3n) is 3.49. The van der Waals surface area contributed by atoms with Crippen LogP contribution in [0.5, 0.6) is 0 Å². The molecule has 4 aromatic rings. The highest BCUT2D eigenvalue weighted by molar-refractivity contribution is 9.10. The highest BCUT2D eigenvalue weighted by atomic mass is 79.9. The first-order valence-corrected chi connectivity index (χ1v) is 10.5. The number of nitro groups is 2. The van der Waals surface area contributed by atoms with Gasteiger partial charge < -0.3 is 0 Å². The number of halogens is 1. The van der Waals surface area contributed by atoms with E-state index in [9.17, 15) is 20.2 Å². The molecule has 0 aliphatic heterocycles. The Labute approximate surface area is 171 Å². The van der Waals surface area contributed by atoms with Gasteiger partial charge in [0, 0.05) is 16.6 Å². The van der Waals surface area contributed by atoms with Crippen molar-refractivity contribution in [2.24, 2.45) is 0 Å². The summed E-state index contributed by atoms with van der Waals surface area (Å²) in [5, 5.41) is 23.8. The van der Waals surface area contributed by atoms with Crippen LogP contribution in [0.1, 0.15) is 0 Å². The van der Waals surface area contributed by atoms with Crippen molar-refractivity contribution in [1.82, 2.24) is 4.98 Å². The van der Waals surface area contributed by atoms with Gasteiger partial charge in [-0.2, -0.15) is 0 Å². The topological polar surface area (TPSA) is 102 Å². The Kier molecular flexibility index (Phi) is 4.63. The predicted octanol–water partition coefficient (Wildman–Crippen LogP) is 6.47. The van der Waals surface area contributed by atoms with Crippen molar-refractivity contribution >= 4 is 85.3 Å². The SMILES string of the molecule is O=[N+]([O-])c1ccc(N(c2ccc([N+](=O)[O-])s2)c2nc3cc(Br)ccc3s2)s1. The number of hydrogen-bond acceptors (Lipinski definition) is 9. The molecule has 0 atom stereocenters. The molecule has 0 saturated heterocycles. The van der Waals surface area contributed by atoms with Crippen molar-refractivity contribution in [2.75, 3.05) is 4.90 Å². The van der Waals surface area contributed by atoms with Crippen LogP contribution >= 0.6 is 49.9 Å². The minimum absolute atomic E-state index is 0.00934. The van der Waals surface area contributed by atoms with E-state index in [0.717, 1.165) is 37.4 Å². The van der Waals surface area contributed by atoms with Gasteiger partial charge in [-0.25, -0.2) is 4.98 Å². The quantitative estimate of drug-likeness (QED) is 0.238. The second-order valence-corrected chi connectivity index (χ2v) is 9.19. The molecule has 0 N–H and O–H groups in total. The van der Waals surface area contributed by atoms with Crippen molar-refractivity contribution in [3.8, 4) is 0 Å². The van der Waals surface area contributed by atoms with Crippen LogP contribution in [0.3, 0.4) is 0 Å². The third-order valence-corrected chi connectivity index (χ3v) is 7.04. The number of fused-ring (bicyclic) bond motifs is 1. The van der Waals surface area contributed by atoms with E-state index >= 15 is 0 Å². The van der Waals surface area contributed by atoms with Crippen LogP contribution in [0.25, 0.3) is 10.2 Å². The highest BCUT2D eigenvalue weighted by Gasteiger charge is 2.24. The monoisotopic (exact) mass is 482 g/mol. The lowest BCUT2D eigenvalue weighted by molar-refractivity contribution is -0.380. The van der Waals surface area contributed by atoms with Gasteiger partial charge >= 0.3 is 10.0 Å². The van der Waals surface area contributed by atoms with Crippen molar-refractivity contribution in [3.05, 3.63) is 67.2 Å². The maximum atomic E-state index is 11.1. The molecule has 0 aliphatic carbocycles. The molecule has 8 nitrogen and oxygen atoms in total. The van der Waals surface area contributed by atoms with E-state index in [1.165, 1.54) is 23.5 Å². The Balaban J connectivity index is 1.87. The van der Waals surface area contributed by atoms with Crippen molar-refractivity contribution in [3.63, 3.8) is 0 Å². The summed E-state index contributed by atoms with van der Waals surface area (Å²) in [6.07, 6.45) is 0. The number of aromatic nitrogens is 1. The second kappa shape index (κ2) is 6.96. The van der Waals surface area contributed by atoms with E-state index in [1.807, 2.05) is 18.2 Å². The first-order valence-electron chi connectivity index (χ1n) is 7.27. The summed E-state index contributed by atoms with van der Waals surface area (Å²) in [4.78, 5) is 27.6. The maximum absolute atomic E-state index is 11.1. The van der Waals surface area contributed by atoms with Gasteiger partial charge in [0.25, 0.3) is 0 Å². The molecule has 3 aromatic heterocycles. The number of anilines is 3. The van der Waals surface area contributed by atoms with Gasteiger partial charge in [-0.3, -0.25) is 25.1 Å². The van der Waals surface area contributed by atoms with Crippen molar-refractivity contribution < 1.29 is 9.85 Å². The van der Waals surface area contributed by atoms with Gasteiger partial charge in [0.1, 0.15) is 10.0 Å². The summed E-state index contributed by atoms with van der Waals surface area (Å²) < 4.78 is 1.83. The number of thiophene rings is 2. The first-order chi connectivity index (χ1) is 12.9. The molecule has 3 heterocycles. The molecule has 0 amide bonds. The fourth-order valence-corrected chi connectivity index (χ4v) is 5.52. The zero-order chi connectivity index (χ0) is 19.1. The lowest BCUT2D eigenvalue weighted by atomic mass is 10.3. The predicted molar refractivity (Wildman–Crippen MR) is 111 cm³/mol. The van der Waals surface area contributed by atoms with Crippen LogP contribution in [0.15, 0.2) is 46.9 Å². The van der Waals surface area contributed by atoms with Crippen LogP contribution in [0, 0.1) is 20.2 Å². The van der Waals surface area contributed by atoms with Gasteiger partial charge in [0.15, 0.2) is 5.13 Å². The molecule has 0 fully saturated rings. The van der Waals surface area contributed by atoms with Crippen LogP contribution in [-0.4, -0.2) is 14.8 Å². The molecule has 0 spiro atoms. The summed E-state index contributed by atoms with van der Waals surface area (Å²) >= 11 is 6.80. The molecular formula is C15H7BrN4O4S3. The number of benzene rings is 1. The Bertz CT molecular complexity index is 1130. The molecule has 12 heteroatoms. The number of nitrogens with zero attached hydrogens (tertiary/aromatic N) is 4. The van der Waals surface area contributed by atoms with Gasteiger partial charge in [-0.15, -0.1) is 0 Å². The largest absolute Gasteiger partial charge is 0.326 e. The first kappa shape index (κ1) is 18.0. The van der Waals surface area contributed by atoms with Gasteiger partial charge in [0.2, 0.25) is 0 Å². The molecule has 136 valence electrons. The van der Waals surface area contributed by atoms with E-state index in [0.29, 0.717) is 15.1 Å². The van der Waals surface area contributed by atoms with E-state index < -0.39 is 9.85 Å². The summed E-state index contributed by atoms with van der Waals surface area (Å²) in [5.74, 6) is 0. The van der Waals surface area contributed by atoms with Crippen LogP contribution < -0.4 is 4.90 Å². The maximum Gasteiger partial charge on any atom is 0.326 e. The lowest BCUT2D eigenvalue weighted by Gasteiger charge is -2.16. The average molecular weight is 483 g/mol. The standard InChI is InChI=1S/C15H7BrN4O4S3/c16-8-1-2-10-9(7-8)17-15(25-10)18(11-3-5-13(26-11)19(21)22)12-4-6-14(27-12)20(23)24/h1-7H. The smallest absolute Gasteiger partial charge is 0.268 e. The molecule has 0 radical (unpaired) electrons. The molecule has 0 bridgehead atoms. The summed E-state index contributed by atoms with van der Waals surface area (Å²) in [6, 6.07) is 11.8. The minimum atomic E-state index is -0.460. The van der Waals surface area contributed by atoms with Gasteiger partial charge in [0.05, 0.1) is 20.1 Å². The van der Waals surface area contributed by atoms with Crippen LogP contribution in [0.2, 0.25) is 0 Å². The zero-order valence-corrected chi connectivity index (χ0v) is 17.1. The fraction of sp³-hybridized carbons (Fsp3) is 0. The summed E-state index contributed by atoms with van der Waals surface area (Å²) in [5.41, 5.74) is 0.770. The molecule has 4 rings (SSSR count). The van der Waals surface area contributed by atoms with E-state index in [-0.39, 0.29) is 10.0 Å². The average Bonchev–Trinajstić information content (AvgIpc) is 3.33. The summed E-state index contributed by atoms with van der Waals surface area (Å²) in [6.45, 7) is 0. The Hall–Kier alpha value is -2.41. The molecule has 0 aliphatic rings. The van der Waals surface area contributed by atoms with Gasteiger partial charge in [-0.05, 0) is 53.0 Å². The molecular weight excluding hydrogens is 476 g/mol. The molecule has 0 saturated carbocycles. The number of rotatable bonds is 5. The van der Waals surface area contributed by atoms with Crippen molar-refractivity contribution in [2.45, 2.75) is 0 Å². The van der Waals surface area contributed by atoms with Crippen LogP contribution in [0.4, 0.5) is 25.1 Å².